The van der Waals surface area contributed by atoms with Crippen molar-refractivity contribution in [3.05, 3.63) is 6.43 Å². The smallest absolute Gasteiger partial charge is 0.376 e. The van der Waals surface area contributed by atoms with Crippen LogP contribution in [-0.2, 0) is 18.9 Å². The third kappa shape index (κ3) is 31.0. The van der Waals surface area contributed by atoms with Crippen molar-refractivity contribution in [1.82, 2.24) is 0 Å². The summed E-state index contributed by atoms with van der Waals surface area (Å²) < 4.78 is 76.4. The van der Waals surface area contributed by atoms with Crippen molar-refractivity contribution in [2.45, 2.75) is 31.2 Å². The zero-order valence-electron chi connectivity index (χ0n) is 16.7. The number of alkyl halides is 3. The third-order valence-corrected chi connectivity index (χ3v) is 2.65. The Morgan fingerprint density at radius 3 is 1.80 bits per heavy atom. The van der Waals surface area contributed by atoms with Gasteiger partial charge in [0, 0.05) is 19.6 Å². The number of unbranched alkanes of at least 4 members (excludes halogenated alkanes) is 1. The van der Waals surface area contributed by atoms with Gasteiger partial charge in [-0.15, -0.1) is 0 Å². The van der Waals surface area contributed by atoms with Gasteiger partial charge in [0.1, 0.15) is 25.5 Å². The Hall–Kier alpha value is -1.67. The average molecular weight is 712 g/mol. The number of rotatable bonds is 18. The van der Waals surface area contributed by atoms with Crippen LogP contribution in [0.5, 0.6) is 0 Å². The van der Waals surface area contributed by atoms with Gasteiger partial charge in [-0.2, -0.15) is 8.78 Å². The topological polar surface area (TPSA) is 118 Å². The maximum absolute atomic E-state index is 11.9. The van der Waals surface area contributed by atoms with E-state index in [4.69, 9.17) is 20.1 Å². The molecule has 0 aromatic heterocycles. The molecule has 0 aliphatic carbocycles. The number of ether oxygens (including phenoxy) is 4. The molecule has 0 aliphatic rings. The van der Waals surface area contributed by atoms with Crippen LogP contribution >= 0.6 is 0 Å². The summed E-state index contributed by atoms with van der Waals surface area (Å²) in [5, 5.41) is 34.6. The number of halogens is 5. The minimum Gasteiger partial charge on any atom is -0.419 e. The molecule has 0 aromatic rings. The first-order valence-corrected chi connectivity index (χ1v) is 8.73. The minimum atomic E-state index is -3.87. The second kappa shape index (κ2) is 22.0. The summed E-state index contributed by atoms with van der Waals surface area (Å²) in [4.78, 5) is 0. The molecular formula is C16H30F5O8Rf-. The van der Waals surface area contributed by atoms with E-state index in [1.54, 1.807) is 0 Å². The minimum absolute atomic E-state index is 0. The van der Waals surface area contributed by atoms with Crippen LogP contribution in [0.3, 0.4) is 0 Å². The predicted octanol–water partition coefficient (Wildman–Crippen LogP) is 0.517. The van der Waals surface area contributed by atoms with Crippen LogP contribution in [0.4, 0.5) is 22.0 Å². The van der Waals surface area contributed by atoms with Gasteiger partial charge in [-0.3, -0.25) is 0 Å². The van der Waals surface area contributed by atoms with Gasteiger partial charge in [-0.05, 0) is 19.4 Å². The first kappa shape index (κ1) is 33.0. The van der Waals surface area contributed by atoms with E-state index in [9.17, 15) is 27.1 Å². The van der Waals surface area contributed by atoms with Crippen molar-refractivity contribution in [2.75, 3.05) is 66.1 Å². The molecule has 0 spiro atoms. The fraction of sp³-hybridized carbons (Fsp3) is 0.938. The van der Waals surface area contributed by atoms with Crippen molar-refractivity contribution >= 4 is 0 Å². The van der Waals surface area contributed by atoms with Crippen molar-refractivity contribution in [2.24, 2.45) is 0 Å². The Morgan fingerprint density at radius 2 is 1.33 bits per heavy atom. The summed E-state index contributed by atoms with van der Waals surface area (Å²) >= 11 is 0. The van der Waals surface area contributed by atoms with Crippen LogP contribution in [0.2, 0.25) is 0 Å². The molecule has 0 rings (SSSR count). The van der Waals surface area contributed by atoms with E-state index in [2.05, 4.69) is 14.2 Å². The molecular weight excluding hydrogens is 682 g/mol. The van der Waals surface area contributed by atoms with Gasteiger partial charge in [0.2, 0.25) is 0 Å². The Kier molecular flexibility index (Phi) is 24.2. The van der Waals surface area contributed by atoms with E-state index in [0.29, 0.717) is 19.4 Å². The van der Waals surface area contributed by atoms with Crippen LogP contribution in [0.25, 0.3) is 0 Å². The molecule has 2 unspecified atom stereocenters. The van der Waals surface area contributed by atoms with E-state index in [1.165, 1.54) is 0 Å². The molecule has 0 saturated carbocycles. The number of aliphatic hydroxyl groups is 4. The Balaban J connectivity index is -0.000000480. The molecule has 0 amide bonds. The van der Waals surface area contributed by atoms with E-state index >= 15 is 0 Å². The monoisotopic (exact) mass is 712 g/mol. The summed E-state index contributed by atoms with van der Waals surface area (Å²) in [5.41, 5.74) is 0. The van der Waals surface area contributed by atoms with Crippen LogP contribution in [-0.4, -0.2) is 105 Å². The second-order valence-electron chi connectivity index (χ2n) is 5.61. The molecule has 8 nitrogen and oxygen atoms in total. The molecule has 4 N–H and O–H groups in total. The van der Waals surface area contributed by atoms with Gasteiger partial charge in [0.15, 0.2) is 0 Å². The van der Waals surface area contributed by atoms with Crippen molar-refractivity contribution in [3.63, 3.8) is 0 Å². The molecule has 0 aromatic carbocycles. The van der Waals surface area contributed by atoms with Crippen LogP contribution in [0.15, 0.2) is 0 Å². The molecule has 0 bridgehead atoms. The largest absolute Gasteiger partial charge is 0.419 e. The molecule has 0 fully saturated rings. The predicted molar refractivity (Wildman–Crippen MR) is 90.2 cm³/mol. The third-order valence-electron chi connectivity index (χ3n) is 2.65. The maximum atomic E-state index is 11.9. The molecule has 180 valence electrons. The molecule has 0 radical (unpaired) electrons. The van der Waals surface area contributed by atoms with Crippen LogP contribution in [0.1, 0.15) is 12.8 Å². The zero-order chi connectivity index (χ0) is 22.5. The summed E-state index contributed by atoms with van der Waals surface area (Å²) in [5.74, 6) is 0. The van der Waals surface area contributed by atoms with Crippen LogP contribution < -0.4 is 0 Å². The van der Waals surface area contributed by atoms with Crippen molar-refractivity contribution in [1.29, 1.82) is 0 Å². The Morgan fingerprint density at radius 1 is 0.833 bits per heavy atom. The van der Waals surface area contributed by atoms with E-state index in [-0.39, 0.29) is 39.6 Å². The standard InChI is InChI=1S/C9H18F2O5.C7H12F3O3.Rf/c10-9(11,14)7-16-6-8(13)5-15-4-2-1-3-12;8-1-2-12-3-6(11)4-13-5-7(9)10;/h8,12-14H,1-7H2;6,11H,1-5H2;/q;-1;. The SMILES string of the molecule is OC(COCCF)COC[C-](F)F.OCCCCOCC(O)COCC(O)(F)F.[Rf]. The normalized spacial score (nSPS) is 13.4. The zero-order valence-corrected chi connectivity index (χ0v) is 23.1. The summed E-state index contributed by atoms with van der Waals surface area (Å²) in [6.07, 6.45) is -6.44. The first-order chi connectivity index (χ1) is 13.6. The molecule has 30 heavy (non-hydrogen) atoms. The van der Waals surface area contributed by atoms with E-state index in [0.717, 1.165) is 0 Å². The fourth-order valence-electron chi connectivity index (χ4n) is 1.50. The van der Waals surface area contributed by atoms with Crippen molar-refractivity contribution in [3.8, 4) is 0 Å². The van der Waals surface area contributed by atoms with Crippen LogP contribution in [0, 0.1) is 6.43 Å². The Bertz CT molecular complexity index is 343. The Labute approximate surface area is 166 Å². The molecule has 0 saturated heterocycles. The van der Waals surface area contributed by atoms with E-state index < -0.39 is 44.6 Å². The van der Waals surface area contributed by atoms with Gasteiger partial charge >= 0.3 is 6.11 Å². The van der Waals surface area contributed by atoms with Gasteiger partial charge in [0.05, 0.1) is 33.0 Å². The number of aliphatic hydroxyl groups excluding tert-OH is 3. The summed E-state index contributed by atoms with van der Waals surface area (Å²) in [6, 6.07) is 0. The van der Waals surface area contributed by atoms with Gasteiger partial charge < -0.3 is 48.2 Å². The molecule has 0 heterocycles. The maximum Gasteiger partial charge on any atom is 0.376 e. The first-order valence-electron chi connectivity index (χ1n) is 8.73. The van der Waals surface area contributed by atoms with Gasteiger partial charge in [-0.1, -0.05) is 0 Å². The fourth-order valence-corrected chi connectivity index (χ4v) is 1.50. The second-order valence-corrected chi connectivity index (χ2v) is 5.61. The van der Waals surface area contributed by atoms with E-state index in [1.807, 2.05) is 0 Å². The quantitative estimate of drug-likeness (QED) is 0.0925. The molecule has 2 atom stereocenters. The average Bonchev–Trinajstić information content (AvgIpc) is 2.61. The summed E-state index contributed by atoms with van der Waals surface area (Å²) in [6.45, 7) is -2.93. The van der Waals surface area contributed by atoms with Gasteiger partial charge in [0.25, 0.3) is 0 Å². The molecule has 14 heteroatoms. The summed E-state index contributed by atoms with van der Waals surface area (Å²) in [7, 11) is 0. The van der Waals surface area contributed by atoms with Gasteiger partial charge in [-0.25, -0.2) is 4.39 Å². The van der Waals surface area contributed by atoms with Crippen molar-refractivity contribution < 1.29 is 61.3 Å². The number of hydrogen-bond acceptors (Lipinski definition) is 8. The molecule has 0 aliphatic heterocycles. The number of hydrogen-bond donors (Lipinski definition) is 4.